The highest BCUT2D eigenvalue weighted by Crippen LogP contribution is 2.19. The van der Waals surface area contributed by atoms with E-state index in [1.807, 2.05) is 30.5 Å². The summed E-state index contributed by atoms with van der Waals surface area (Å²) >= 11 is 0. The molecule has 19 heavy (non-hydrogen) atoms. The van der Waals surface area contributed by atoms with Crippen LogP contribution in [0.4, 0.5) is 5.69 Å². The summed E-state index contributed by atoms with van der Waals surface area (Å²) in [6.07, 6.45) is 1.96. The summed E-state index contributed by atoms with van der Waals surface area (Å²) in [5.41, 5.74) is 4.42. The first kappa shape index (κ1) is 11.8. The van der Waals surface area contributed by atoms with Gasteiger partial charge in [-0.3, -0.25) is 0 Å². The third kappa shape index (κ3) is 2.46. The van der Waals surface area contributed by atoms with Gasteiger partial charge < -0.3 is 15.4 Å². The molecule has 0 unspecified atom stereocenters. The van der Waals surface area contributed by atoms with Crippen LogP contribution in [0, 0.1) is 0 Å². The standard InChI is InChI=1S/C16H16N2O/c19-11-12-4-6-14(7-5-12)18-10-13-2-1-3-16-15(13)8-9-17-16/h1-9,17-19H,10-11H2. The largest absolute Gasteiger partial charge is 0.392 e. The highest BCUT2D eigenvalue weighted by atomic mass is 16.3. The summed E-state index contributed by atoms with van der Waals surface area (Å²) in [5, 5.41) is 13.7. The van der Waals surface area contributed by atoms with Crippen molar-refractivity contribution < 1.29 is 5.11 Å². The van der Waals surface area contributed by atoms with Crippen molar-refractivity contribution in [1.29, 1.82) is 0 Å². The molecule has 0 aliphatic rings. The fraction of sp³-hybridized carbons (Fsp3) is 0.125. The minimum absolute atomic E-state index is 0.0862. The van der Waals surface area contributed by atoms with Crippen molar-refractivity contribution in [2.24, 2.45) is 0 Å². The molecule has 3 aromatic rings. The predicted molar refractivity (Wildman–Crippen MR) is 78.0 cm³/mol. The fourth-order valence-electron chi connectivity index (χ4n) is 2.23. The maximum atomic E-state index is 9.01. The van der Waals surface area contributed by atoms with E-state index < -0.39 is 0 Å². The summed E-state index contributed by atoms with van der Waals surface area (Å²) in [7, 11) is 0. The monoisotopic (exact) mass is 252 g/mol. The molecule has 1 aromatic heterocycles. The number of rotatable bonds is 4. The second-order valence-corrected chi connectivity index (χ2v) is 4.56. The Morgan fingerprint density at radius 2 is 1.84 bits per heavy atom. The number of hydrogen-bond donors (Lipinski definition) is 3. The normalized spacial score (nSPS) is 10.8. The average Bonchev–Trinajstić information content (AvgIpc) is 2.94. The van der Waals surface area contributed by atoms with E-state index in [4.69, 9.17) is 5.11 Å². The Bertz CT molecular complexity index is 671. The average molecular weight is 252 g/mol. The number of aromatic nitrogens is 1. The van der Waals surface area contributed by atoms with Gasteiger partial charge in [0.15, 0.2) is 0 Å². The van der Waals surface area contributed by atoms with Crippen LogP contribution in [0.1, 0.15) is 11.1 Å². The lowest BCUT2D eigenvalue weighted by atomic mass is 10.1. The van der Waals surface area contributed by atoms with Crippen LogP contribution in [0.2, 0.25) is 0 Å². The van der Waals surface area contributed by atoms with Gasteiger partial charge in [-0.1, -0.05) is 24.3 Å². The zero-order valence-electron chi connectivity index (χ0n) is 10.6. The van der Waals surface area contributed by atoms with Gasteiger partial charge in [0, 0.05) is 29.3 Å². The Kier molecular flexibility index (Phi) is 3.21. The van der Waals surface area contributed by atoms with E-state index in [0.717, 1.165) is 23.3 Å². The molecule has 96 valence electrons. The van der Waals surface area contributed by atoms with E-state index in [0.29, 0.717) is 0 Å². The molecular formula is C16H16N2O. The number of aliphatic hydroxyl groups excluding tert-OH is 1. The SMILES string of the molecule is OCc1ccc(NCc2cccc3[nH]ccc23)cc1. The molecule has 0 saturated heterocycles. The third-order valence-electron chi connectivity index (χ3n) is 3.30. The van der Waals surface area contributed by atoms with Crippen molar-refractivity contribution in [2.75, 3.05) is 5.32 Å². The van der Waals surface area contributed by atoms with E-state index >= 15 is 0 Å². The maximum Gasteiger partial charge on any atom is 0.0681 e. The molecule has 0 atom stereocenters. The van der Waals surface area contributed by atoms with Crippen molar-refractivity contribution in [3.05, 3.63) is 65.9 Å². The van der Waals surface area contributed by atoms with Gasteiger partial charge in [-0.05, 0) is 35.4 Å². The highest BCUT2D eigenvalue weighted by Gasteiger charge is 2.01. The van der Waals surface area contributed by atoms with Crippen LogP contribution in [0.3, 0.4) is 0 Å². The molecule has 0 saturated carbocycles. The molecule has 3 rings (SSSR count). The van der Waals surface area contributed by atoms with Crippen molar-refractivity contribution in [3.8, 4) is 0 Å². The first-order valence-electron chi connectivity index (χ1n) is 6.35. The lowest BCUT2D eigenvalue weighted by Gasteiger charge is -2.08. The minimum atomic E-state index is 0.0862. The summed E-state index contributed by atoms with van der Waals surface area (Å²) in [5.74, 6) is 0. The maximum absolute atomic E-state index is 9.01. The van der Waals surface area contributed by atoms with Gasteiger partial charge in [-0.15, -0.1) is 0 Å². The Balaban J connectivity index is 1.76. The van der Waals surface area contributed by atoms with E-state index in [1.54, 1.807) is 0 Å². The van der Waals surface area contributed by atoms with Gasteiger partial charge in [0.2, 0.25) is 0 Å². The van der Waals surface area contributed by atoms with Gasteiger partial charge in [0.25, 0.3) is 0 Å². The molecule has 0 aliphatic heterocycles. The minimum Gasteiger partial charge on any atom is -0.392 e. The zero-order valence-corrected chi connectivity index (χ0v) is 10.6. The Morgan fingerprint density at radius 1 is 1.00 bits per heavy atom. The molecule has 0 spiro atoms. The molecule has 0 bridgehead atoms. The second-order valence-electron chi connectivity index (χ2n) is 4.56. The third-order valence-corrected chi connectivity index (χ3v) is 3.30. The fourth-order valence-corrected chi connectivity index (χ4v) is 2.23. The summed E-state index contributed by atoms with van der Waals surface area (Å²) in [6, 6.07) is 16.2. The van der Waals surface area contributed by atoms with Crippen LogP contribution < -0.4 is 5.32 Å². The van der Waals surface area contributed by atoms with Crippen LogP contribution in [-0.4, -0.2) is 10.1 Å². The molecule has 0 amide bonds. The molecule has 2 aromatic carbocycles. The number of H-pyrrole nitrogens is 1. The first-order valence-corrected chi connectivity index (χ1v) is 6.35. The summed E-state index contributed by atoms with van der Waals surface area (Å²) in [6.45, 7) is 0.872. The van der Waals surface area contributed by atoms with Gasteiger partial charge in [-0.2, -0.15) is 0 Å². The van der Waals surface area contributed by atoms with Gasteiger partial charge >= 0.3 is 0 Å². The molecule has 0 fully saturated rings. The molecular weight excluding hydrogens is 236 g/mol. The molecule has 3 N–H and O–H groups in total. The topological polar surface area (TPSA) is 48.0 Å². The van der Waals surface area contributed by atoms with Crippen LogP contribution in [0.15, 0.2) is 54.7 Å². The highest BCUT2D eigenvalue weighted by molar-refractivity contribution is 5.83. The number of benzene rings is 2. The quantitative estimate of drug-likeness (QED) is 0.667. The summed E-state index contributed by atoms with van der Waals surface area (Å²) < 4.78 is 0. The number of aromatic amines is 1. The molecule has 0 aliphatic carbocycles. The van der Waals surface area contributed by atoms with Crippen molar-refractivity contribution in [1.82, 2.24) is 4.98 Å². The second kappa shape index (κ2) is 5.16. The molecule has 3 nitrogen and oxygen atoms in total. The van der Waals surface area contributed by atoms with Crippen molar-refractivity contribution >= 4 is 16.6 Å². The van der Waals surface area contributed by atoms with Crippen LogP contribution in [0.25, 0.3) is 10.9 Å². The lowest BCUT2D eigenvalue weighted by molar-refractivity contribution is 0.282. The Morgan fingerprint density at radius 3 is 2.63 bits per heavy atom. The van der Waals surface area contributed by atoms with Crippen molar-refractivity contribution in [3.63, 3.8) is 0 Å². The van der Waals surface area contributed by atoms with Crippen molar-refractivity contribution in [2.45, 2.75) is 13.2 Å². The number of anilines is 1. The van der Waals surface area contributed by atoms with E-state index in [-0.39, 0.29) is 6.61 Å². The first-order chi connectivity index (χ1) is 9.36. The van der Waals surface area contributed by atoms with Gasteiger partial charge in [0.1, 0.15) is 0 Å². The van der Waals surface area contributed by atoms with E-state index in [2.05, 4.69) is 34.6 Å². The number of nitrogens with one attached hydrogen (secondary N) is 2. The number of hydrogen-bond acceptors (Lipinski definition) is 2. The Hall–Kier alpha value is -2.26. The number of aliphatic hydroxyl groups is 1. The zero-order chi connectivity index (χ0) is 13.1. The van der Waals surface area contributed by atoms with Crippen LogP contribution in [-0.2, 0) is 13.2 Å². The molecule has 1 heterocycles. The lowest BCUT2D eigenvalue weighted by Crippen LogP contribution is -1.99. The van der Waals surface area contributed by atoms with E-state index in [1.165, 1.54) is 10.9 Å². The van der Waals surface area contributed by atoms with E-state index in [9.17, 15) is 0 Å². The molecule has 3 heteroatoms. The Labute approximate surface area is 111 Å². The predicted octanol–water partition coefficient (Wildman–Crippen LogP) is 3.27. The van der Waals surface area contributed by atoms with Crippen LogP contribution in [0.5, 0.6) is 0 Å². The van der Waals surface area contributed by atoms with Crippen LogP contribution >= 0.6 is 0 Å². The number of fused-ring (bicyclic) bond motifs is 1. The molecule has 0 radical (unpaired) electrons. The van der Waals surface area contributed by atoms with Gasteiger partial charge in [-0.25, -0.2) is 0 Å². The smallest absolute Gasteiger partial charge is 0.0681 e. The van der Waals surface area contributed by atoms with Gasteiger partial charge in [0.05, 0.1) is 6.61 Å². The summed E-state index contributed by atoms with van der Waals surface area (Å²) in [4.78, 5) is 3.22.